The van der Waals surface area contributed by atoms with E-state index in [1.807, 2.05) is 18.4 Å². The summed E-state index contributed by atoms with van der Waals surface area (Å²) in [5, 5.41) is 8.67. The van der Waals surface area contributed by atoms with Crippen LogP contribution in [0.1, 0.15) is 5.56 Å². The average Bonchev–Trinajstić information content (AvgIpc) is 2.17. The summed E-state index contributed by atoms with van der Waals surface area (Å²) < 4.78 is 0. The number of hydrogen-bond donors (Lipinski definition) is 1. The van der Waals surface area contributed by atoms with E-state index in [1.165, 1.54) is 11.8 Å². The summed E-state index contributed by atoms with van der Waals surface area (Å²) in [7, 11) is 0. The van der Waals surface area contributed by atoms with Crippen molar-refractivity contribution in [2.24, 2.45) is 15.9 Å². The molecule has 0 aliphatic carbocycles. The number of rotatable bonds is 2. The van der Waals surface area contributed by atoms with Crippen molar-refractivity contribution in [2.45, 2.75) is 0 Å². The van der Waals surface area contributed by atoms with E-state index in [0.717, 1.165) is 5.56 Å². The van der Waals surface area contributed by atoms with E-state index in [1.54, 1.807) is 18.3 Å². The van der Waals surface area contributed by atoms with E-state index < -0.39 is 0 Å². The van der Waals surface area contributed by atoms with Crippen LogP contribution in [-0.2, 0) is 0 Å². The summed E-state index contributed by atoms with van der Waals surface area (Å²) in [4.78, 5) is 0. The number of hydrogen-bond acceptors (Lipinski definition) is 3. The first kappa shape index (κ1) is 11.1. The molecular formula is C9H10ClN3S. The summed E-state index contributed by atoms with van der Waals surface area (Å²) >= 11 is 7.14. The maximum atomic E-state index is 5.79. The molecule has 0 aliphatic rings. The van der Waals surface area contributed by atoms with Gasteiger partial charge in [0.1, 0.15) is 0 Å². The maximum Gasteiger partial charge on any atom is 0.180 e. The molecule has 0 spiro atoms. The van der Waals surface area contributed by atoms with E-state index >= 15 is 0 Å². The summed E-state index contributed by atoms with van der Waals surface area (Å²) in [6.07, 6.45) is 3.45. The van der Waals surface area contributed by atoms with Gasteiger partial charge >= 0.3 is 0 Å². The minimum Gasteiger partial charge on any atom is -0.377 e. The molecule has 0 atom stereocenters. The Morgan fingerprint density at radius 1 is 1.57 bits per heavy atom. The second kappa shape index (κ2) is 5.67. The lowest BCUT2D eigenvalue weighted by Crippen LogP contribution is -2.03. The van der Waals surface area contributed by atoms with E-state index in [0.29, 0.717) is 10.2 Å². The monoisotopic (exact) mass is 227 g/mol. The summed E-state index contributed by atoms with van der Waals surface area (Å²) in [6, 6.07) is 7.35. The van der Waals surface area contributed by atoms with Crippen LogP contribution < -0.4 is 5.73 Å². The number of nitrogens with zero attached hydrogens (tertiary/aromatic N) is 2. The minimum atomic E-state index is 0.434. The van der Waals surface area contributed by atoms with Gasteiger partial charge in [-0.3, -0.25) is 0 Å². The van der Waals surface area contributed by atoms with Gasteiger partial charge in [0.15, 0.2) is 5.17 Å². The van der Waals surface area contributed by atoms with Crippen molar-refractivity contribution in [3.63, 3.8) is 0 Å². The second-order valence-corrected chi connectivity index (χ2v) is 3.70. The van der Waals surface area contributed by atoms with Crippen molar-refractivity contribution in [1.82, 2.24) is 0 Å². The lowest BCUT2D eigenvalue weighted by molar-refractivity contribution is 1.25. The molecule has 0 saturated carbocycles. The molecule has 0 saturated heterocycles. The van der Waals surface area contributed by atoms with Crippen molar-refractivity contribution >= 4 is 34.7 Å². The van der Waals surface area contributed by atoms with Crippen LogP contribution in [0.5, 0.6) is 0 Å². The minimum absolute atomic E-state index is 0.434. The van der Waals surface area contributed by atoms with E-state index in [2.05, 4.69) is 10.2 Å². The highest BCUT2D eigenvalue weighted by atomic mass is 35.5. The van der Waals surface area contributed by atoms with Gasteiger partial charge in [-0.15, -0.1) is 5.10 Å². The number of benzene rings is 1. The number of thioether (sulfide) groups is 1. The highest BCUT2D eigenvalue weighted by molar-refractivity contribution is 8.13. The zero-order chi connectivity index (χ0) is 10.4. The first-order valence-electron chi connectivity index (χ1n) is 3.88. The Morgan fingerprint density at radius 3 is 3.00 bits per heavy atom. The van der Waals surface area contributed by atoms with Gasteiger partial charge in [0.05, 0.1) is 6.21 Å². The molecule has 3 nitrogen and oxygen atoms in total. The molecular weight excluding hydrogens is 218 g/mol. The van der Waals surface area contributed by atoms with Crippen molar-refractivity contribution in [1.29, 1.82) is 0 Å². The maximum absolute atomic E-state index is 5.79. The van der Waals surface area contributed by atoms with E-state index in [9.17, 15) is 0 Å². The van der Waals surface area contributed by atoms with Gasteiger partial charge in [-0.05, 0) is 24.0 Å². The third-order valence-corrected chi connectivity index (χ3v) is 2.16. The van der Waals surface area contributed by atoms with Crippen molar-refractivity contribution < 1.29 is 0 Å². The topological polar surface area (TPSA) is 50.7 Å². The molecule has 1 aromatic carbocycles. The zero-order valence-electron chi connectivity index (χ0n) is 7.64. The van der Waals surface area contributed by atoms with Gasteiger partial charge in [0, 0.05) is 5.02 Å². The Hall–Kier alpha value is -1.00. The molecule has 0 heterocycles. The number of amidine groups is 1. The molecule has 1 aromatic rings. The van der Waals surface area contributed by atoms with Crippen molar-refractivity contribution in [3.05, 3.63) is 34.9 Å². The summed E-state index contributed by atoms with van der Waals surface area (Å²) in [5.41, 5.74) is 6.34. The van der Waals surface area contributed by atoms with Gasteiger partial charge in [0.25, 0.3) is 0 Å². The molecule has 0 amide bonds. The molecule has 14 heavy (non-hydrogen) atoms. The third kappa shape index (κ3) is 3.81. The summed E-state index contributed by atoms with van der Waals surface area (Å²) in [6.45, 7) is 0. The van der Waals surface area contributed by atoms with Gasteiger partial charge in [-0.1, -0.05) is 35.5 Å². The number of nitrogens with two attached hydrogens (primary N) is 1. The SMILES string of the molecule is CS/C(N)=N\N=C\c1cccc(Cl)c1. The average molecular weight is 228 g/mol. The smallest absolute Gasteiger partial charge is 0.180 e. The van der Waals surface area contributed by atoms with Crippen LogP contribution in [0.3, 0.4) is 0 Å². The Morgan fingerprint density at radius 2 is 2.36 bits per heavy atom. The Labute approximate surface area is 92.1 Å². The van der Waals surface area contributed by atoms with Crippen LogP contribution in [0.25, 0.3) is 0 Å². The van der Waals surface area contributed by atoms with E-state index in [-0.39, 0.29) is 0 Å². The zero-order valence-corrected chi connectivity index (χ0v) is 9.22. The van der Waals surface area contributed by atoms with Gasteiger partial charge in [0.2, 0.25) is 0 Å². The van der Waals surface area contributed by atoms with Crippen LogP contribution >= 0.6 is 23.4 Å². The second-order valence-electron chi connectivity index (χ2n) is 2.44. The largest absolute Gasteiger partial charge is 0.377 e. The number of halogens is 1. The Bertz CT molecular complexity index is 363. The lowest BCUT2D eigenvalue weighted by atomic mass is 10.2. The first-order chi connectivity index (χ1) is 6.72. The molecule has 0 radical (unpaired) electrons. The van der Waals surface area contributed by atoms with Gasteiger partial charge < -0.3 is 5.73 Å². The fraction of sp³-hybridized carbons (Fsp3) is 0.111. The fourth-order valence-electron chi connectivity index (χ4n) is 0.780. The molecule has 1 rings (SSSR count). The Balaban J connectivity index is 2.69. The van der Waals surface area contributed by atoms with E-state index in [4.69, 9.17) is 17.3 Å². The highest BCUT2D eigenvalue weighted by Crippen LogP contribution is 2.08. The molecule has 5 heteroatoms. The standard InChI is InChI=1S/C9H10ClN3S/c1-14-9(11)13-12-6-7-3-2-4-8(10)5-7/h2-6H,1H3,(H2,11,13)/b12-6+. The molecule has 0 unspecified atom stereocenters. The van der Waals surface area contributed by atoms with Gasteiger partial charge in [-0.25, -0.2) is 0 Å². The van der Waals surface area contributed by atoms with Crippen LogP contribution in [0.4, 0.5) is 0 Å². The first-order valence-corrected chi connectivity index (χ1v) is 5.48. The fourth-order valence-corrected chi connectivity index (χ4v) is 1.11. The summed E-state index contributed by atoms with van der Waals surface area (Å²) in [5.74, 6) is 0. The predicted molar refractivity (Wildman–Crippen MR) is 64.2 cm³/mol. The molecule has 0 bridgehead atoms. The molecule has 2 N–H and O–H groups in total. The quantitative estimate of drug-likeness (QED) is 0.479. The van der Waals surface area contributed by atoms with Gasteiger partial charge in [-0.2, -0.15) is 5.10 Å². The normalized spacial score (nSPS) is 12.3. The molecule has 0 aliphatic heterocycles. The molecule has 0 fully saturated rings. The third-order valence-electron chi connectivity index (χ3n) is 1.42. The van der Waals surface area contributed by atoms with Crippen LogP contribution in [-0.4, -0.2) is 17.6 Å². The molecule has 0 aromatic heterocycles. The van der Waals surface area contributed by atoms with Crippen molar-refractivity contribution in [2.75, 3.05) is 6.26 Å². The Kier molecular flexibility index (Phi) is 4.49. The van der Waals surface area contributed by atoms with Crippen molar-refractivity contribution in [3.8, 4) is 0 Å². The predicted octanol–water partition coefficient (Wildman–Crippen LogP) is 2.35. The van der Waals surface area contributed by atoms with Crippen LogP contribution in [0.15, 0.2) is 34.5 Å². The lowest BCUT2D eigenvalue weighted by Gasteiger charge is -1.92. The van der Waals surface area contributed by atoms with Crippen LogP contribution in [0, 0.1) is 0 Å². The highest BCUT2D eigenvalue weighted by Gasteiger charge is 1.89. The van der Waals surface area contributed by atoms with Crippen LogP contribution in [0.2, 0.25) is 5.02 Å². The molecule has 74 valence electrons.